The number of rotatable bonds is 4. The number of hydrogen-bond donors (Lipinski definition) is 1. The van der Waals surface area contributed by atoms with Crippen molar-refractivity contribution in [2.24, 2.45) is 5.92 Å². The van der Waals surface area contributed by atoms with Crippen molar-refractivity contribution in [1.29, 1.82) is 0 Å². The quantitative estimate of drug-likeness (QED) is 0.775. The van der Waals surface area contributed by atoms with Crippen molar-refractivity contribution >= 4 is 22.4 Å². The highest BCUT2D eigenvalue weighted by Gasteiger charge is 2.32. The first kappa shape index (κ1) is 19.5. The number of carbonyl (C=O) groups excluding carboxylic acids is 1. The molecule has 0 radical (unpaired) electrons. The number of alkyl halides is 3. The zero-order valence-electron chi connectivity index (χ0n) is 14.6. The minimum Gasteiger partial charge on any atom is -0.507 e. The maximum absolute atomic E-state index is 12.9. The Labute approximate surface area is 158 Å². The van der Waals surface area contributed by atoms with Crippen LogP contribution < -0.4 is 4.90 Å². The predicted octanol–water partition coefficient (Wildman–Crippen LogP) is 4.31. The van der Waals surface area contributed by atoms with Crippen molar-refractivity contribution in [3.8, 4) is 17.0 Å². The van der Waals surface area contributed by atoms with Crippen LogP contribution in [0.5, 0.6) is 5.75 Å². The van der Waals surface area contributed by atoms with Crippen molar-refractivity contribution < 1.29 is 27.8 Å². The summed E-state index contributed by atoms with van der Waals surface area (Å²) in [4.78, 5) is 18.2. The number of thiazole rings is 1. The lowest BCUT2D eigenvalue weighted by molar-refractivity contribution is -0.148. The maximum atomic E-state index is 12.9. The number of piperidine rings is 1. The fourth-order valence-corrected chi connectivity index (χ4v) is 3.90. The lowest BCUT2D eigenvalue weighted by Crippen LogP contribution is -2.36. The van der Waals surface area contributed by atoms with Gasteiger partial charge in [0.05, 0.1) is 23.8 Å². The molecule has 2 heterocycles. The topological polar surface area (TPSA) is 62.7 Å². The lowest BCUT2D eigenvalue weighted by Gasteiger charge is -2.30. The van der Waals surface area contributed by atoms with Gasteiger partial charge in [0.25, 0.3) is 0 Å². The Bertz CT molecular complexity index is 814. The van der Waals surface area contributed by atoms with Crippen LogP contribution in [0.2, 0.25) is 0 Å². The largest absolute Gasteiger partial charge is 0.507 e. The third-order valence-electron chi connectivity index (χ3n) is 4.48. The van der Waals surface area contributed by atoms with Gasteiger partial charge in [-0.2, -0.15) is 13.2 Å². The second-order valence-electron chi connectivity index (χ2n) is 6.26. The molecule has 146 valence electrons. The summed E-state index contributed by atoms with van der Waals surface area (Å²) in [6, 6.07) is 2.77. The first-order chi connectivity index (χ1) is 12.8. The molecule has 5 nitrogen and oxygen atoms in total. The molecule has 3 rings (SSSR count). The monoisotopic (exact) mass is 400 g/mol. The molecule has 2 aromatic rings. The molecule has 0 atom stereocenters. The molecule has 1 N–H and O–H groups in total. The van der Waals surface area contributed by atoms with Crippen LogP contribution in [0.15, 0.2) is 23.6 Å². The Hall–Kier alpha value is -2.29. The van der Waals surface area contributed by atoms with Gasteiger partial charge in [0.15, 0.2) is 5.13 Å². The summed E-state index contributed by atoms with van der Waals surface area (Å²) >= 11 is 1.30. The third-order valence-corrected chi connectivity index (χ3v) is 5.38. The van der Waals surface area contributed by atoms with Gasteiger partial charge in [0, 0.05) is 24.0 Å². The molecule has 9 heteroatoms. The van der Waals surface area contributed by atoms with Gasteiger partial charge in [-0.25, -0.2) is 4.98 Å². The molecule has 0 bridgehead atoms. The molecule has 0 unspecified atom stereocenters. The van der Waals surface area contributed by atoms with Crippen LogP contribution in [0, 0.1) is 5.92 Å². The highest BCUT2D eigenvalue weighted by molar-refractivity contribution is 7.14. The van der Waals surface area contributed by atoms with Crippen molar-refractivity contribution in [2.75, 3.05) is 24.6 Å². The van der Waals surface area contributed by atoms with E-state index in [1.54, 1.807) is 12.3 Å². The van der Waals surface area contributed by atoms with Crippen LogP contribution in [0.1, 0.15) is 25.3 Å². The summed E-state index contributed by atoms with van der Waals surface area (Å²) in [7, 11) is 0. The Kier molecular flexibility index (Phi) is 5.59. The summed E-state index contributed by atoms with van der Waals surface area (Å²) < 4.78 is 43.8. The van der Waals surface area contributed by atoms with Crippen molar-refractivity contribution in [3.05, 3.63) is 29.1 Å². The molecule has 0 spiro atoms. The van der Waals surface area contributed by atoms with Gasteiger partial charge in [-0.15, -0.1) is 11.3 Å². The van der Waals surface area contributed by atoms with Gasteiger partial charge < -0.3 is 14.7 Å². The molecule has 0 amide bonds. The molecule has 1 fully saturated rings. The molecule has 27 heavy (non-hydrogen) atoms. The number of anilines is 1. The van der Waals surface area contributed by atoms with E-state index in [0.29, 0.717) is 43.4 Å². The summed E-state index contributed by atoms with van der Waals surface area (Å²) in [5.41, 5.74) is -0.486. The van der Waals surface area contributed by atoms with Crippen LogP contribution >= 0.6 is 11.3 Å². The second-order valence-corrected chi connectivity index (χ2v) is 7.09. The zero-order chi connectivity index (χ0) is 19.6. The van der Waals surface area contributed by atoms with Crippen LogP contribution in [0.4, 0.5) is 18.3 Å². The number of aromatic nitrogens is 1. The number of nitrogens with zero attached hydrogens (tertiary/aromatic N) is 2. The van der Waals surface area contributed by atoms with E-state index >= 15 is 0 Å². The van der Waals surface area contributed by atoms with Gasteiger partial charge in [0.2, 0.25) is 0 Å². The zero-order valence-corrected chi connectivity index (χ0v) is 15.4. The fraction of sp³-hybridized carbons (Fsp3) is 0.444. The van der Waals surface area contributed by atoms with Gasteiger partial charge in [-0.3, -0.25) is 4.79 Å². The fourth-order valence-electron chi connectivity index (χ4n) is 3.02. The summed E-state index contributed by atoms with van der Waals surface area (Å²) in [5.74, 6) is -0.570. The summed E-state index contributed by atoms with van der Waals surface area (Å²) in [5, 5.41) is 12.2. The average molecular weight is 400 g/mol. The van der Waals surface area contributed by atoms with E-state index in [-0.39, 0.29) is 23.2 Å². The Balaban J connectivity index is 1.74. The minimum absolute atomic E-state index is 0.0498. The molecule has 1 aromatic heterocycles. The number of carbonyl (C=O) groups is 1. The number of halogens is 3. The van der Waals surface area contributed by atoms with Gasteiger partial charge in [-0.1, -0.05) is 0 Å². The smallest absolute Gasteiger partial charge is 0.416 e. The number of phenols is 1. The first-order valence-corrected chi connectivity index (χ1v) is 9.45. The summed E-state index contributed by atoms with van der Waals surface area (Å²) in [6.07, 6.45) is -3.21. The van der Waals surface area contributed by atoms with E-state index in [4.69, 9.17) is 4.74 Å². The summed E-state index contributed by atoms with van der Waals surface area (Å²) in [6.45, 7) is 3.36. The molecule has 1 saturated heterocycles. The third kappa shape index (κ3) is 4.35. The van der Waals surface area contributed by atoms with E-state index < -0.39 is 11.7 Å². The van der Waals surface area contributed by atoms with Gasteiger partial charge >= 0.3 is 12.1 Å². The van der Waals surface area contributed by atoms with Crippen molar-refractivity contribution in [2.45, 2.75) is 25.9 Å². The lowest BCUT2D eigenvalue weighted by atomic mass is 9.97. The molecule has 0 saturated carbocycles. The van der Waals surface area contributed by atoms with Crippen LogP contribution in [-0.4, -0.2) is 35.8 Å². The Morgan fingerprint density at radius 1 is 1.37 bits per heavy atom. The Morgan fingerprint density at radius 2 is 2.07 bits per heavy atom. The second kappa shape index (κ2) is 7.75. The number of benzene rings is 1. The van der Waals surface area contributed by atoms with Crippen LogP contribution in [-0.2, 0) is 15.7 Å². The SMILES string of the molecule is CCOC(=O)C1CCN(c2nc(-c3cc(C(F)(F)F)ccc3O)cs2)CC1. The van der Waals surface area contributed by atoms with Crippen LogP contribution in [0.25, 0.3) is 11.3 Å². The van der Waals surface area contributed by atoms with E-state index in [1.807, 2.05) is 4.90 Å². The highest BCUT2D eigenvalue weighted by atomic mass is 32.1. The van der Waals surface area contributed by atoms with Crippen molar-refractivity contribution in [1.82, 2.24) is 4.98 Å². The Morgan fingerprint density at radius 3 is 2.70 bits per heavy atom. The average Bonchev–Trinajstić information content (AvgIpc) is 3.11. The van der Waals surface area contributed by atoms with Gasteiger partial charge in [0.1, 0.15) is 5.75 Å². The number of phenolic OH excluding ortho intramolecular Hbond substituents is 1. The number of esters is 1. The molecule has 1 aromatic carbocycles. The number of ether oxygens (including phenoxy) is 1. The molecular formula is C18H19F3N2O3S. The van der Waals surface area contributed by atoms with Crippen molar-refractivity contribution in [3.63, 3.8) is 0 Å². The van der Waals surface area contributed by atoms with Crippen LogP contribution in [0.3, 0.4) is 0 Å². The highest BCUT2D eigenvalue weighted by Crippen LogP contribution is 2.38. The van der Waals surface area contributed by atoms with E-state index in [2.05, 4.69) is 4.98 Å². The van der Waals surface area contributed by atoms with E-state index in [0.717, 1.165) is 18.2 Å². The standard InChI is InChI=1S/C18H19F3N2O3S/c1-2-26-16(25)11-5-7-23(8-6-11)17-22-14(10-27-17)13-9-12(18(19,20)21)3-4-15(13)24/h3-4,9-11,24H,2,5-8H2,1H3. The van der Waals surface area contributed by atoms with E-state index in [9.17, 15) is 23.1 Å². The molecular weight excluding hydrogens is 381 g/mol. The molecule has 0 aliphatic carbocycles. The van der Waals surface area contributed by atoms with Gasteiger partial charge in [-0.05, 0) is 38.0 Å². The maximum Gasteiger partial charge on any atom is 0.416 e. The molecule has 1 aliphatic heterocycles. The number of aromatic hydroxyl groups is 1. The van der Waals surface area contributed by atoms with E-state index in [1.165, 1.54) is 11.3 Å². The molecule has 1 aliphatic rings. The minimum atomic E-state index is -4.49. The first-order valence-electron chi connectivity index (χ1n) is 8.57. The number of hydrogen-bond acceptors (Lipinski definition) is 6. The predicted molar refractivity (Wildman–Crippen MR) is 95.8 cm³/mol. The normalized spacial score (nSPS) is 15.8.